The monoisotopic (exact) mass is 289 g/mol. The first-order chi connectivity index (χ1) is 9.97. The smallest absolute Gasteiger partial charge is 0.252 e. The van der Waals surface area contributed by atoms with E-state index < -0.39 is 6.04 Å². The zero-order chi connectivity index (χ0) is 15.6. The van der Waals surface area contributed by atoms with Crippen LogP contribution in [0.25, 0.3) is 0 Å². The molecule has 1 N–H and O–H groups in total. The lowest BCUT2D eigenvalue weighted by Gasteiger charge is -2.24. The van der Waals surface area contributed by atoms with E-state index in [9.17, 15) is 9.59 Å². The number of amides is 2. The molecule has 5 heteroatoms. The molecule has 1 aromatic heterocycles. The van der Waals surface area contributed by atoms with Crippen LogP contribution in [0.4, 0.5) is 5.69 Å². The van der Waals surface area contributed by atoms with Gasteiger partial charge in [0.05, 0.1) is 17.8 Å². The van der Waals surface area contributed by atoms with E-state index in [1.165, 1.54) is 4.90 Å². The standard InChI is InChI=1S/C16H23N3O2/c1-5-12(6-2)19-15(20)9-14(16(19)21)18-13-8-7-10(3)17-11(13)4/h7-8,12,14,18H,5-6,9H2,1-4H3. The first-order valence-corrected chi connectivity index (χ1v) is 7.54. The van der Waals surface area contributed by atoms with E-state index in [0.717, 1.165) is 29.9 Å². The molecule has 0 bridgehead atoms. The van der Waals surface area contributed by atoms with Crippen molar-refractivity contribution in [3.05, 3.63) is 23.5 Å². The van der Waals surface area contributed by atoms with E-state index in [2.05, 4.69) is 10.3 Å². The number of imide groups is 1. The zero-order valence-corrected chi connectivity index (χ0v) is 13.1. The number of anilines is 1. The molecule has 0 saturated carbocycles. The number of hydrogen-bond donors (Lipinski definition) is 1. The van der Waals surface area contributed by atoms with Crippen LogP contribution in [0.3, 0.4) is 0 Å². The average molecular weight is 289 g/mol. The summed E-state index contributed by atoms with van der Waals surface area (Å²) in [5, 5.41) is 3.18. The fourth-order valence-corrected chi connectivity index (χ4v) is 2.83. The molecule has 2 amide bonds. The van der Waals surface area contributed by atoms with Gasteiger partial charge in [-0.05, 0) is 38.8 Å². The summed E-state index contributed by atoms with van der Waals surface area (Å²) in [4.78, 5) is 30.4. The largest absolute Gasteiger partial charge is 0.372 e. The summed E-state index contributed by atoms with van der Waals surface area (Å²) < 4.78 is 0. The summed E-state index contributed by atoms with van der Waals surface area (Å²) in [6.45, 7) is 7.83. The van der Waals surface area contributed by atoms with E-state index >= 15 is 0 Å². The molecule has 0 spiro atoms. The van der Waals surface area contributed by atoms with Crippen LogP contribution >= 0.6 is 0 Å². The second kappa shape index (κ2) is 6.24. The van der Waals surface area contributed by atoms with Crippen molar-refractivity contribution in [1.82, 2.24) is 9.88 Å². The van der Waals surface area contributed by atoms with Crippen molar-refractivity contribution in [2.75, 3.05) is 5.32 Å². The number of likely N-dealkylation sites (tertiary alicyclic amines) is 1. The van der Waals surface area contributed by atoms with Gasteiger partial charge in [-0.2, -0.15) is 0 Å². The van der Waals surface area contributed by atoms with Gasteiger partial charge in [-0.3, -0.25) is 19.5 Å². The van der Waals surface area contributed by atoms with Crippen molar-refractivity contribution in [2.24, 2.45) is 0 Å². The van der Waals surface area contributed by atoms with Gasteiger partial charge >= 0.3 is 0 Å². The Morgan fingerprint density at radius 1 is 1.29 bits per heavy atom. The van der Waals surface area contributed by atoms with E-state index in [0.29, 0.717) is 0 Å². The molecule has 1 fully saturated rings. The number of carbonyl (C=O) groups is 2. The van der Waals surface area contributed by atoms with Crippen LogP contribution in [-0.2, 0) is 9.59 Å². The molecule has 1 unspecified atom stereocenters. The summed E-state index contributed by atoms with van der Waals surface area (Å²) in [5.41, 5.74) is 2.60. The molecular formula is C16H23N3O2. The van der Waals surface area contributed by atoms with Crippen molar-refractivity contribution in [2.45, 2.75) is 59.0 Å². The van der Waals surface area contributed by atoms with E-state index in [-0.39, 0.29) is 24.3 Å². The van der Waals surface area contributed by atoms with Crippen LogP contribution in [0, 0.1) is 13.8 Å². The van der Waals surface area contributed by atoms with E-state index in [4.69, 9.17) is 0 Å². The van der Waals surface area contributed by atoms with Gasteiger partial charge < -0.3 is 5.32 Å². The SMILES string of the molecule is CCC(CC)N1C(=O)CC(Nc2ccc(C)nc2C)C1=O. The van der Waals surface area contributed by atoms with Gasteiger partial charge in [0.1, 0.15) is 6.04 Å². The summed E-state index contributed by atoms with van der Waals surface area (Å²) >= 11 is 0. The van der Waals surface area contributed by atoms with Gasteiger partial charge in [-0.15, -0.1) is 0 Å². The molecule has 1 saturated heterocycles. The summed E-state index contributed by atoms with van der Waals surface area (Å²) in [6, 6.07) is 3.35. The molecular weight excluding hydrogens is 266 g/mol. The van der Waals surface area contributed by atoms with Crippen molar-refractivity contribution in [3.63, 3.8) is 0 Å². The van der Waals surface area contributed by atoms with Crippen LogP contribution in [0.2, 0.25) is 0 Å². The predicted molar refractivity (Wildman–Crippen MR) is 82.0 cm³/mol. The average Bonchev–Trinajstić information content (AvgIpc) is 2.71. The lowest BCUT2D eigenvalue weighted by molar-refractivity contribution is -0.141. The number of hydrogen-bond acceptors (Lipinski definition) is 4. The van der Waals surface area contributed by atoms with E-state index in [1.54, 1.807) is 0 Å². The third-order valence-corrected chi connectivity index (χ3v) is 4.05. The molecule has 1 aliphatic rings. The Morgan fingerprint density at radius 2 is 1.95 bits per heavy atom. The van der Waals surface area contributed by atoms with Crippen molar-refractivity contribution < 1.29 is 9.59 Å². The molecule has 21 heavy (non-hydrogen) atoms. The minimum Gasteiger partial charge on any atom is -0.372 e. The molecule has 1 atom stereocenters. The highest BCUT2D eigenvalue weighted by Crippen LogP contribution is 2.24. The molecule has 114 valence electrons. The molecule has 0 aliphatic carbocycles. The van der Waals surface area contributed by atoms with Crippen LogP contribution in [0.5, 0.6) is 0 Å². The number of pyridine rings is 1. The number of carbonyl (C=O) groups excluding carboxylic acids is 2. The minimum absolute atomic E-state index is 0.00837. The maximum absolute atomic E-state index is 12.5. The second-order valence-corrected chi connectivity index (χ2v) is 5.56. The Morgan fingerprint density at radius 3 is 2.52 bits per heavy atom. The quantitative estimate of drug-likeness (QED) is 0.846. The van der Waals surface area contributed by atoms with Crippen LogP contribution in [-0.4, -0.2) is 33.8 Å². The Kier molecular flexibility index (Phi) is 4.60. The number of nitrogens with zero attached hydrogens (tertiary/aromatic N) is 2. The molecule has 2 rings (SSSR count). The molecule has 2 heterocycles. The molecule has 1 aromatic rings. The van der Waals surface area contributed by atoms with Crippen LogP contribution < -0.4 is 5.32 Å². The predicted octanol–water partition coefficient (Wildman–Crippen LogP) is 2.43. The third-order valence-electron chi connectivity index (χ3n) is 4.05. The lowest BCUT2D eigenvalue weighted by Crippen LogP contribution is -2.41. The highest BCUT2D eigenvalue weighted by Gasteiger charge is 2.41. The lowest BCUT2D eigenvalue weighted by atomic mass is 10.1. The van der Waals surface area contributed by atoms with Crippen molar-refractivity contribution >= 4 is 17.5 Å². The molecule has 0 aromatic carbocycles. The highest BCUT2D eigenvalue weighted by atomic mass is 16.2. The number of rotatable bonds is 5. The van der Waals surface area contributed by atoms with Gasteiger partial charge in [0.15, 0.2) is 0 Å². The van der Waals surface area contributed by atoms with Crippen LogP contribution in [0.15, 0.2) is 12.1 Å². The summed E-state index contributed by atoms with van der Waals surface area (Å²) in [6.07, 6.45) is 1.82. The Hall–Kier alpha value is -1.91. The Balaban J connectivity index is 2.15. The summed E-state index contributed by atoms with van der Waals surface area (Å²) in [7, 11) is 0. The maximum atomic E-state index is 12.5. The highest BCUT2D eigenvalue weighted by molar-refractivity contribution is 6.07. The third kappa shape index (κ3) is 3.06. The van der Waals surface area contributed by atoms with Gasteiger partial charge in [-0.25, -0.2) is 0 Å². The molecule has 0 radical (unpaired) electrons. The fourth-order valence-electron chi connectivity index (χ4n) is 2.83. The molecule has 1 aliphatic heterocycles. The van der Waals surface area contributed by atoms with Crippen molar-refractivity contribution in [3.8, 4) is 0 Å². The maximum Gasteiger partial charge on any atom is 0.252 e. The normalized spacial score (nSPS) is 18.7. The van der Waals surface area contributed by atoms with Gasteiger partial charge in [0.2, 0.25) is 5.91 Å². The van der Waals surface area contributed by atoms with Crippen LogP contribution in [0.1, 0.15) is 44.5 Å². The first kappa shape index (κ1) is 15.5. The zero-order valence-electron chi connectivity index (χ0n) is 13.1. The topological polar surface area (TPSA) is 62.3 Å². The second-order valence-electron chi connectivity index (χ2n) is 5.56. The van der Waals surface area contributed by atoms with Gasteiger partial charge in [0.25, 0.3) is 5.91 Å². The summed E-state index contributed by atoms with van der Waals surface area (Å²) in [5.74, 6) is -0.197. The first-order valence-electron chi connectivity index (χ1n) is 7.54. The minimum atomic E-state index is -0.471. The number of aromatic nitrogens is 1. The number of aryl methyl sites for hydroxylation is 2. The number of nitrogens with one attached hydrogen (secondary N) is 1. The fraction of sp³-hybridized carbons (Fsp3) is 0.562. The molecule has 5 nitrogen and oxygen atoms in total. The Bertz CT molecular complexity index is 552. The van der Waals surface area contributed by atoms with Crippen molar-refractivity contribution in [1.29, 1.82) is 0 Å². The van der Waals surface area contributed by atoms with Gasteiger partial charge in [-0.1, -0.05) is 13.8 Å². The van der Waals surface area contributed by atoms with Gasteiger partial charge in [0, 0.05) is 11.7 Å². The van der Waals surface area contributed by atoms with E-state index in [1.807, 2.05) is 39.8 Å². The Labute approximate surface area is 125 Å².